The first-order valence-corrected chi connectivity index (χ1v) is 6.81. The summed E-state index contributed by atoms with van der Waals surface area (Å²) in [6.07, 6.45) is 0. The molecule has 0 unspecified atom stereocenters. The van der Waals surface area contributed by atoms with Gasteiger partial charge in [-0.05, 0) is 14.1 Å². The molecule has 0 radical (unpaired) electrons. The maximum Gasteiger partial charge on any atom is 0.223 e. The van der Waals surface area contributed by atoms with E-state index in [1.165, 1.54) is 0 Å². The Labute approximate surface area is 119 Å². The van der Waals surface area contributed by atoms with Crippen LogP contribution in [0.3, 0.4) is 0 Å². The van der Waals surface area contributed by atoms with Crippen molar-refractivity contribution < 1.29 is 0 Å². The van der Waals surface area contributed by atoms with Gasteiger partial charge in [-0.1, -0.05) is 0 Å². The third kappa shape index (κ3) is 3.92. The summed E-state index contributed by atoms with van der Waals surface area (Å²) in [7, 11) is 4.20. The second-order valence-electron chi connectivity index (χ2n) is 5.25. The molecule has 0 spiro atoms. The van der Waals surface area contributed by atoms with E-state index in [0.717, 1.165) is 45.1 Å². The van der Waals surface area contributed by atoms with E-state index in [0.29, 0.717) is 5.82 Å². The Balaban J connectivity index is 1.91. The maximum atomic E-state index is 5.69. The molecule has 0 aliphatic carbocycles. The molecule has 2 heterocycles. The van der Waals surface area contributed by atoms with Crippen LogP contribution in [-0.2, 0) is 0 Å². The number of rotatable bonds is 5. The van der Waals surface area contributed by atoms with Gasteiger partial charge in [0.1, 0.15) is 11.6 Å². The number of likely N-dealkylation sites (N-methyl/N-ethyl adjacent to an activating group) is 1. The highest BCUT2D eigenvalue weighted by Gasteiger charge is 2.18. The van der Waals surface area contributed by atoms with E-state index in [4.69, 9.17) is 11.6 Å². The largest absolute Gasteiger partial charge is 0.368 e. The van der Waals surface area contributed by atoms with Crippen LogP contribution in [0.15, 0.2) is 6.07 Å². The van der Waals surface area contributed by atoms with Crippen LogP contribution in [0.2, 0.25) is 0 Å². The minimum Gasteiger partial charge on any atom is -0.368 e. The number of hydrogen-bond acceptors (Lipinski definition) is 8. The van der Waals surface area contributed by atoms with E-state index < -0.39 is 0 Å². The summed E-state index contributed by atoms with van der Waals surface area (Å²) in [5.74, 6) is 7.00. The second kappa shape index (κ2) is 6.69. The van der Waals surface area contributed by atoms with Gasteiger partial charge in [0, 0.05) is 45.3 Å². The van der Waals surface area contributed by atoms with Crippen LogP contribution < -0.4 is 21.9 Å². The highest BCUT2D eigenvalue weighted by molar-refractivity contribution is 5.52. The van der Waals surface area contributed by atoms with Gasteiger partial charge in [-0.3, -0.25) is 4.90 Å². The van der Waals surface area contributed by atoms with Crippen molar-refractivity contribution >= 4 is 17.6 Å². The van der Waals surface area contributed by atoms with Gasteiger partial charge in [0.15, 0.2) is 0 Å². The van der Waals surface area contributed by atoms with E-state index >= 15 is 0 Å². The van der Waals surface area contributed by atoms with Crippen molar-refractivity contribution in [1.29, 1.82) is 0 Å². The third-order valence-electron chi connectivity index (χ3n) is 3.44. The lowest BCUT2D eigenvalue weighted by molar-refractivity contribution is 0.229. The predicted molar refractivity (Wildman–Crippen MR) is 81.5 cm³/mol. The van der Waals surface area contributed by atoms with Crippen LogP contribution in [0.1, 0.15) is 0 Å². The zero-order valence-electron chi connectivity index (χ0n) is 12.2. The Morgan fingerprint density at radius 3 is 2.55 bits per heavy atom. The fourth-order valence-electron chi connectivity index (χ4n) is 2.23. The Kier molecular flexibility index (Phi) is 4.94. The Morgan fingerprint density at radius 1 is 1.25 bits per heavy atom. The number of hydrogen-bond donors (Lipinski definition) is 3. The summed E-state index contributed by atoms with van der Waals surface area (Å²) in [6.45, 7) is 6.12. The molecule has 1 aliphatic heterocycles. The number of anilines is 3. The lowest BCUT2D eigenvalue weighted by atomic mass is 10.3. The highest BCUT2D eigenvalue weighted by Crippen LogP contribution is 2.18. The Hall–Kier alpha value is -1.64. The smallest absolute Gasteiger partial charge is 0.223 e. The quantitative estimate of drug-likeness (QED) is 0.468. The fraction of sp³-hybridized carbons (Fsp3) is 0.667. The van der Waals surface area contributed by atoms with Crippen LogP contribution in [0.25, 0.3) is 0 Å². The summed E-state index contributed by atoms with van der Waals surface area (Å²) in [4.78, 5) is 15.2. The molecule has 1 aromatic heterocycles. The summed E-state index contributed by atoms with van der Waals surface area (Å²) < 4.78 is 0. The van der Waals surface area contributed by atoms with E-state index in [2.05, 4.69) is 44.2 Å². The number of nitrogens with one attached hydrogen (secondary N) is 1. The van der Waals surface area contributed by atoms with E-state index in [1.54, 1.807) is 0 Å². The average Bonchev–Trinajstić information content (AvgIpc) is 2.45. The van der Waals surface area contributed by atoms with E-state index in [9.17, 15) is 0 Å². The number of hydrazine groups is 1. The van der Waals surface area contributed by atoms with Crippen molar-refractivity contribution in [3.05, 3.63) is 6.07 Å². The van der Waals surface area contributed by atoms with Crippen molar-refractivity contribution in [3.63, 3.8) is 0 Å². The SMILES string of the molecule is CN(C)CCN1CCN(c2cc(NN)nc(N)n2)CC1. The van der Waals surface area contributed by atoms with Crippen molar-refractivity contribution in [3.8, 4) is 0 Å². The molecule has 0 amide bonds. The molecular formula is C12H24N8. The van der Waals surface area contributed by atoms with Crippen molar-refractivity contribution in [1.82, 2.24) is 19.8 Å². The zero-order chi connectivity index (χ0) is 14.5. The molecule has 0 bridgehead atoms. The molecule has 8 nitrogen and oxygen atoms in total. The summed E-state index contributed by atoms with van der Waals surface area (Å²) >= 11 is 0. The van der Waals surface area contributed by atoms with Crippen LogP contribution in [0.4, 0.5) is 17.6 Å². The normalized spacial score (nSPS) is 16.7. The summed E-state index contributed by atoms with van der Waals surface area (Å²) in [5, 5.41) is 0. The zero-order valence-corrected chi connectivity index (χ0v) is 12.2. The topological polar surface area (TPSA) is 99.6 Å². The molecule has 1 fully saturated rings. The van der Waals surface area contributed by atoms with Gasteiger partial charge in [0.2, 0.25) is 5.95 Å². The maximum absolute atomic E-state index is 5.69. The lowest BCUT2D eigenvalue weighted by Gasteiger charge is -2.35. The van der Waals surface area contributed by atoms with Gasteiger partial charge >= 0.3 is 0 Å². The first kappa shape index (κ1) is 14.8. The molecule has 1 saturated heterocycles. The standard InChI is InChI=1S/C12H24N8/c1-18(2)3-4-19-5-7-20(8-6-19)11-9-10(17-14)15-12(13)16-11/h9H,3-8,14H2,1-2H3,(H3,13,15,16,17). The lowest BCUT2D eigenvalue weighted by Crippen LogP contribution is -2.48. The minimum atomic E-state index is 0.241. The van der Waals surface area contributed by atoms with Crippen LogP contribution >= 0.6 is 0 Å². The molecule has 5 N–H and O–H groups in total. The van der Waals surface area contributed by atoms with Gasteiger partial charge in [-0.2, -0.15) is 9.97 Å². The molecule has 20 heavy (non-hydrogen) atoms. The van der Waals surface area contributed by atoms with Gasteiger partial charge in [0.25, 0.3) is 0 Å². The fourth-order valence-corrected chi connectivity index (χ4v) is 2.23. The number of aromatic nitrogens is 2. The molecular weight excluding hydrogens is 256 g/mol. The second-order valence-corrected chi connectivity index (χ2v) is 5.25. The van der Waals surface area contributed by atoms with E-state index in [-0.39, 0.29) is 5.95 Å². The molecule has 0 saturated carbocycles. The average molecular weight is 280 g/mol. The molecule has 8 heteroatoms. The van der Waals surface area contributed by atoms with Gasteiger partial charge in [-0.25, -0.2) is 5.84 Å². The van der Waals surface area contributed by atoms with Crippen molar-refractivity contribution in [2.24, 2.45) is 5.84 Å². The van der Waals surface area contributed by atoms with E-state index in [1.807, 2.05) is 6.07 Å². The van der Waals surface area contributed by atoms with Gasteiger partial charge < -0.3 is 21.0 Å². The number of nitrogens with zero attached hydrogens (tertiary/aromatic N) is 5. The number of nitrogen functional groups attached to an aromatic ring is 2. The predicted octanol–water partition coefficient (Wildman–Crippen LogP) is -0.972. The van der Waals surface area contributed by atoms with Gasteiger partial charge in [0.05, 0.1) is 0 Å². The third-order valence-corrected chi connectivity index (χ3v) is 3.44. The molecule has 112 valence electrons. The summed E-state index contributed by atoms with van der Waals surface area (Å²) in [6, 6.07) is 1.83. The molecule has 0 aromatic carbocycles. The van der Waals surface area contributed by atoms with Crippen LogP contribution in [0, 0.1) is 0 Å². The van der Waals surface area contributed by atoms with Gasteiger partial charge in [-0.15, -0.1) is 0 Å². The van der Waals surface area contributed by atoms with Crippen LogP contribution in [0.5, 0.6) is 0 Å². The van der Waals surface area contributed by atoms with Crippen molar-refractivity contribution in [2.75, 3.05) is 69.4 Å². The molecule has 0 atom stereocenters. The first-order chi connectivity index (χ1) is 9.58. The van der Waals surface area contributed by atoms with Crippen LogP contribution in [-0.4, -0.2) is 73.1 Å². The Morgan fingerprint density at radius 2 is 1.95 bits per heavy atom. The first-order valence-electron chi connectivity index (χ1n) is 6.81. The number of nitrogens with two attached hydrogens (primary N) is 2. The van der Waals surface area contributed by atoms with Crippen molar-refractivity contribution in [2.45, 2.75) is 0 Å². The molecule has 2 rings (SSSR count). The minimum absolute atomic E-state index is 0.241. The summed E-state index contributed by atoms with van der Waals surface area (Å²) in [5.41, 5.74) is 8.20. The monoisotopic (exact) mass is 280 g/mol. The number of piperazine rings is 1. The molecule has 1 aliphatic rings. The highest BCUT2D eigenvalue weighted by atomic mass is 15.3. The molecule has 1 aromatic rings. The Bertz CT molecular complexity index is 427.